The molecule has 0 spiro atoms. The number of hydrogen-bond acceptors (Lipinski definition) is 2. The summed E-state index contributed by atoms with van der Waals surface area (Å²) in [5.74, 6) is 0. The van der Waals surface area contributed by atoms with Crippen LogP contribution >= 0.6 is 0 Å². The van der Waals surface area contributed by atoms with E-state index in [9.17, 15) is 4.79 Å². The van der Waals surface area contributed by atoms with E-state index in [1.165, 1.54) is 19.3 Å². The van der Waals surface area contributed by atoms with Gasteiger partial charge in [0, 0.05) is 11.7 Å². The van der Waals surface area contributed by atoms with Gasteiger partial charge in [0.05, 0.1) is 6.61 Å². The second kappa shape index (κ2) is 7.70. The van der Waals surface area contributed by atoms with E-state index < -0.39 is 0 Å². The average Bonchev–Trinajstić information content (AvgIpc) is 2.46. The second-order valence-electron chi connectivity index (χ2n) is 5.14. The summed E-state index contributed by atoms with van der Waals surface area (Å²) in [4.78, 5) is 11.9. The van der Waals surface area contributed by atoms with Crippen molar-refractivity contribution in [2.45, 2.75) is 38.1 Å². The molecule has 1 aromatic carbocycles. The van der Waals surface area contributed by atoms with E-state index in [4.69, 9.17) is 5.11 Å². The molecular weight excluding hydrogens is 252 g/mol. The molecule has 0 aromatic heterocycles. The number of hydrogen-bond donors (Lipinski definition) is 3. The van der Waals surface area contributed by atoms with Crippen molar-refractivity contribution < 1.29 is 9.90 Å². The molecule has 4 heteroatoms. The number of urea groups is 1. The minimum Gasteiger partial charge on any atom is -0.392 e. The first-order valence-corrected chi connectivity index (χ1v) is 7.23. The first kappa shape index (κ1) is 14.6. The highest BCUT2D eigenvalue weighted by atomic mass is 16.2. The topological polar surface area (TPSA) is 61.4 Å². The third-order valence-electron chi connectivity index (χ3n) is 3.50. The molecule has 3 N–H and O–H groups in total. The second-order valence-corrected chi connectivity index (χ2v) is 5.14. The van der Waals surface area contributed by atoms with E-state index >= 15 is 0 Å². The van der Waals surface area contributed by atoms with Crippen molar-refractivity contribution in [2.24, 2.45) is 0 Å². The molecule has 108 valence electrons. The predicted octanol–water partition coefficient (Wildman–Crippen LogP) is 3.15. The van der Waals surface area contributed by atoms with E-state index in [-0.39, 0.29) is 12.6 Å². The lowest BCUT2D eigenvalue weighted by Gasteiger charge is -2.22. The smallest absolute Gasteiger partial charge is 0.319 e. The van der Waals surface area contributed by atoms with Crippen molar-refractivity contribution in [3.05, 3.63) is 35.9 Å². The van der Waals surface area contributed by atoms with Crippen LogP contribution in [0.5, 0.6) is 0 Å². The molecule has 0 saturated heterocycles. The molecule has 1 fully saturated rings. The quantitative estimate of drug-likeness (QED) is 0.790. The van der Waals surface area contributed by atoms with Gasteiger partial charge in [0.1, 0.15) is 0 Å². The Labute approximate surface area is 119 Å². The highest BCUT2D eigenvalue weighted by molar-refractivity contribution is 5.89. The molecule has 20 heavy (non-hydrogen) atoms. The molecule has 1 aromatic rings. The maximum Gasteiger partial charge on any atom is 0.319 e. The fourth-order valence-corrected chi connectivity index (χ4v) is 2.51. The van der Waals surface area contributed by atoms with Crippen LogP contribution in [0.3, 0.4) is 0 Å². The normalized spacial score (nSPS) is 16.2. The minimum absolute atomic E-state index is 0.0137. The SMILES string of the molecule is O=C(Nc1cccc(/C=C/CO)c1)NC1CCCCC1. The molecule has 0 heterocycles. The van der Waals surface area contributed by atoms with Gasteiger partial charge in [-0.05, 0) is 30.5 Å². The number of anilines is 1. The van der Waals surface area contributed by atoms with Gasteiger partial charge in [-0.25, -0.2) is 4.79 Å². The number of aliphatic hydroxyl groups is 1. The lowest BCUT2D eigenvalue weighted by molar-refractivity contribution is 0.244. The van der Waals surface area contributed by atoms with E-state index in [0.717, 1.165) is 24.1 Å². The Bertz CT molecular complexity index is 465. The first-order chi connectivity index (χ1) is 9.78. The highest BCUT2D eigenvalue weighted by Gasteiger charge is 2.15. The van der Waals surface area contributed by atoms with E-state index in [0.29, 0.717) is 6.04 Å². The zero-order valence-electron chi connectivity index (χ0n) is 11.6. The van der Waals surface area contributed by atoms with Crippen molar-refractivity contribution in [1.29, 1.82) is 0 Å². The summed E-state index contributed by atoms with van der Waals surface area (Å²) in [6.45, 7) is 0.0137. The van der Waals surface area contributed by atoms with Gasteiger partial charge in [0.2, 0.25) is 0 Å². The molecule has 1 saturated carbocycles. The molecule has 0 aliphatic heterocycles. The maximum absolute atomic E-state index is 11.9. The minimum atomic E-state index is -0.139. The Balaban J connectivity index is 1.88. The fraction of sp³-hybridized carbons (Fsp3) is 0.438. The van der Waals surface area contributed by atoms with Gasteiger partial charge in [-0.1, -0.05) is 43.5 Å². The number of benzene rings is 1. The summed E-state index contributed by atoms with van der Waals surface area (Å²) in [6, 6.07) is 7.72. The van der Waals surface area contributed by atoms with Gasteiger partial charge in [-0.15, -0.1) is 0 Å². The fourth-order valence-electron chi connectivity index (χ4n) is 2.51. The molecule has 1 aliphatic carbocycles. The third kappa shape index (κ3) is 4.70. The number of aliphatic hydroxyl groups excluding tert-OH is 1. The molecule has 0 bridgehead atoms. The zero-order chi connectivity index (χ0) is 14.2. The summed E-state index contributed by atoms with van der Waals surface area (Å²) in [7, 11) is 0. The first-order valence-electron chi connectivity index (χ1n) is 7.23. The van der Waals surface area contributed by atoms with Crippen LogP contribution in [0.25, 0.3) is 6.08 Å². The molecule has 0 atom stereocenters. The van der Waals surface area contributed by atoms with Crippen LogP contribution in [0.1, 0.15) is 37.7 Å². The molecule has 2 amide bonds. The number of amides is 2. The highest BCUT2D eigenvalue weighted by Crippen LogP contribution is 2.18. The molecule has 2 rings (SSSR count). The predicted molar refractivity (Wildman–Crippen MR) is 81.6 cm³/mol. The van der Waals surface area contributed by atoms with Crippen LogP contribution in [-0.2, 0) is 0 Å². The number of carbonyl (C=O) groups is 1. The van der Waals surface area contributed by atoms with Crippen molar-refractivity contribution in [3.63, 3.8) is 0 Å². The third-order valence-corrected chi connectivity index (χ3v) is 3.50. The van der Waals surface area contributed by atoms with Crippen molar-refractivity contribution in [2.75, 3.05) is 11.9 Å². The van der Waals surface area contributed by atoms with Crippen molar-refractivity contribution >= 4 is 17.8 Å². The Morgan fingerprint density at radius 2 is 2.10 bits per heavy atom. The average molecular weight is 274 g/mol. The summed E-state index contributed by atoms with van der Waals surface area (Å²) in [5.41, 5.74) is 1.72. The summed E-state index contributed by atoms with van der Waals surface area (Å²) in [6.07, 6.45) is 9.32. The molecule has 0 radical (unpaired) electrons. The van der Waals surface area contributed by atoms with Crippen molar-refractivity contribution in [3.8, 4) is 0 Å². The van der Waals surface area contributed by atoms with Crippen LogP contribution in [0, 0.1) is 0 Å². The number of carbonyl (C=O) groups excluding carboxylic acids is 1. The van der Waals surface area contributed by atoms with E-state index in [1.807, 2.05) is 30.3 Å². The zero-order valence-corrected chi connectivity index (χ0v) is 11.6. The molecule has 1 aliphatic rings. The Morgan fingerprint density at radius 3 is 2.85 bits per heavy atom. The summed E-state index contributed by atoms with van der Waals surface area (Å²) in [5, 5.41) is 14.6. The molecule has 4 nitrogen and oxygen atoms in total. The lowest BCUT2D eigenvalue weighted by atomic mass is 9.96. The Morgan fingerprint density at radius 1 is 1.30 bits per heavy atom. The Kier molecular flexibility index (Phi) is 5.62. The van der Waals surface area contributed by atoms with Crippen LogP contribution in [0.2, 0.25) is 0 Å². The summed E-state index contributed by atoms with van der Waals surface area (Å²) >= 11 is 0. The summed E-state index contributed by atoms with van der Waals surface area (Å²) < 4.78 is 0. The van der Waals surface area contributed by atoms with E-state index in [2.05, 4.69) is 10.6 Å². The largest absolute Gasteiger partial charge is 0.392 e. The van der Waals surface area contributed by atoms with Crippen LogP contribution in [-0.4, -0.2) is 23.8 Å². The maximum atomic E-state index is 11.9. The van der Waals surface area contributed by atoms with Gasteiger partial charge >= 0.3 is 6.03 Å². The standard InChI is InChI=1S/C16H22N2O2/c19-11-5-7-13-6-4-10-15(12-13)18-16(20)17-14-8-2-1-3-9-14/h4-7,10,12,14,19H,1-3,8-9,11H2,(H2,17,18,20)/b7-5+. The van der Waals surface area contributed by atoms with Gasteiger partial charge < -0.3 is 15.7 Å². The Hall–Kier alpha value is -1.81. The van der Waals surface area contributed by atoms with Crippen LogP contribution < -0.4 is 10.6 Å². The molecule has 0 unspecified atom stereocenters. The number of nitrogens with one attached hydrogen (secondary N) is 2. The monoisotopic (exact) mass is 274 g/mol. The van der Waals surface area contributed by atoms with Gasteiger partial charge in [0.25, 0.3) is 0 Å². The van der Waals surface area contributed by atoms with Crippen molar-refractivity contribution in [1.82, 2.24) is 5.32 Å². The van der Waals surface area contributed by atoms with Gasteiger partial charge in [-0.3, -0.25) is 0 Å². The van der Waals surface area contributed by atoms with Gasteiger partial charge in [0.15, 0.2) is 0 Å². The lowest BCUT2D eigenvalue weighted by Crippen LogP contribution is -2.39. The number of rotatable bonds is 4. The van der Waals surface area contributed by atoms with Gasteiger partial charge in [-0.2, -0.15) is 0 Å². The molecular formula is C16H22N2O2. The van der Waals surface area contributed by atoms with E-state index in [1.54, 1.807) is 6.08 Å². The van der Waals surface area contributed by atoms with Crippen LogP contribution in [0.4, 0.5) is 10.5 Å². The van der Waals surface area contributed by atoms with Crippen LogP contribution in [0.15, 0.2) is 30.3 Å².